The molecule has 0 unspecified atom stereocenters. The largest absolute Gasteiger partial charge is 0.355 e. The summed E-state index contributed by atoms with van der Waals surface area (Å²) >= 11 is 0. The molecule has 0 bridgehead atoms. The molecule has 2 aromatic rings. The summed E-state index contributed by atoms with van der Waals surface area (Å²) in [5.74, 6) is 6.33. The van der Waals surface area contributed by atoms with Crippen LogP contribution in [-0.2, 0) is 10.2 Å². The van der Waals surface area contributed by atoms with Crippen molar-refractivity contribution >= 4 is 5.91 Å². The molecule has 116 valence electrons. The lowest BCUT2D eigenvalue weighted by Gasteiger charge is -2.21. The van der Waals surface area contributed by atoms with E-state index >= 15 is 0 Å². The third kappa shape index (κ3) is 2.87. The van der Waals surface area contributed by atoms with Crippen LogP contribution >= 0.6 is 0 Å². The van der Waals surface area contributed by atoms with E-state index in [-0.39, 0.29) is 11.3 Å². The Labute approximate surface area is 137 Å². The van der Waals surface area contributed by atoms with Crippen LogP contribution in [0.4, 0.5) is 0 Å². The minimum atomic E-state index is -0.0103. The molecule has 0 fully saturated rings. The number of amides is 1. The second-order valence-electron chi connectivity index (χ2n) is 6.47. The van der Waals surface area contributed by atoms with E-state index in [1.807, 2.05) is 0 Å². The van der Waals surface area contributed by atoms with Gasteiger partial charge in [0, 0.05) is 30.9 Å². The molecule has 0 radical (unpaired) electrons. The molecule has 0 saturated carbocycles. The number of carbonyl (C=O) groups excluding carboxylic acids is 1. The van der Waals surface area contributed by atoms with Crippen LogP contribution in [0, 0.1) is 11.8 Å². The Morgan fingerprint density at radius 1 is 1.09 bits per heavy atom. The van der Waals surface area contributed by atoms with Gasteiger partial charge in [-0.25, -0.2) is 0 Å². The van der Waals surface area contributed by atoms with Gasteiger partial charge < -0.3 is 5.32 Å². The lowest BCUT2D eigenvalue weighted by Crippen LogP contribution is -2.20. The fourth-order valence-electron chi connectivity index (χ4n) is 3.25. The maximum absolute atomic E-state index is 10.8. The van der Waals surface area contributed by atoms with E-state index in [9.17, 15) is 4.79 Å². The van der Waals surface area contributed by atoms with Gasteiger partial charge in [0.1, 0.15) is 0 Å². The van der Waals surface area contributed by atoms with Crippen molar-refractivity contribution in [1.82, 2.24) is 5.32 Å². The lowest BCUT2D eigenvalue weighted by molar-refractivity contribution is -0.118. The maximum atomic E-state index is 10.8. The standard InChI is InChI=1S/C21H21NO/c1-15(23)22-13-7-6-8-16-11-12-18-17-9-4-5-10-19(17)21(2,3)20(18)14-16/h4-5,9-12,14H,7,13H2,1-3H3,(H,22,23). The van der Waals surface area contributed by atoms with Crippen LogP contribution in [0.1, 0.15) is 43.9 Å². The van der Waals surface area contributed by atoms with Gasteiger partial charge in [0.05, 0.1) is 0 Å². The van der Waals surface area contributed by atoms with Gasteiger partial charge in [0.2, 0.25) is 5.91 Å². The van der Waals surface area contributed by atoms with Crippen LogP contribution in [-0.4, -0.2) is 12.5 Å². The molecule has 2 heteroatoms. The van der Waals surface area contributed by atoms with Gasteiger partial charge in [-0.05, 0) is 34.4 Å². The average molecular weight is 303 g/mol. The van der Waals surface area contributed by atoms with Gasteiger partial charge in [-0.15, -0.1) is 0 Å². The second-order valence-corrected chi connectivity index (χ2v) is 6.47. The van der Waals surface area contributed by atoms with Crippen molar-refractivity contribution < 1.29 is 4.79 Å². The first kappa shape index (κ1) is 15.4. The molecule has 0 heterocycles. The summed E-state index contributed by atoms with van der Waals surface area (Å²) in [4.78, 5) is 10.8. The van der Waals surface area contributed by atoms with E-state index in [0.29, 0.717) is 13.0 Å². The summed E-state index contributed by atoms with van der Waals surface area (Å²) in [5, 5.41) is 2.76. The van der Waals surface area contributed by atoms with Crippen molar-refractivity contribution in [2.75, 3.05) is 6.54 Å². The summed E-state index contributed by atoms with van der Waals surface area (Å²) in [6.07, 6.45) is 0.667. The molecule has 2 nitrogen and oxygen atoms in total. The van der Waals surface area contributed by atoms with Crippen LogP contribution in [0.25, 0.3) is 11.1 Å². The molecule has 0 atom stereocenters. The van der Waals surface area contributed by atoms with Crippen LogP contribution in [0.3, 0.4) is 0 Å². The minimum Gasteiger partial charge on any atom is -0.355 e. The van der Waals surface area contributed by atoms with E-state index in [1.165, 1.54) is 29.2 Å². The first-order chi connectivity index (χ1) is 11.0. The SMILES string of the molecule is CC(=O)NCCC#Cc1ccc2c(c1)C(C)(C)c1ccccc1-2. The minimum absolute atomic E-state index is 0.0103. The zero-order valence-corrected chi connectivity index (χ0v) is 13.9. The van der Waals surface area contributed by atoms with E-state index in [4.69, 9.17) is 0 Å². The Morgan fingerprint density at radius 3 is 2.61 bits per heavy atom. The molecular weight excluding hydrogens is 282 g/mol. The lowest BCUT2D eigenvalue weighted by atomic mass is 9.82. The topological polar surface area (TPSA) is 29.1 Å². The molecule has 23 heavy (non-hydrogen) atoms. The van der Waals surface area contributed by atoms with Crippen LogP contribution in [0.2, 0.25) is 0 Å². The molecule has 3 rings (SSSR count). The van der Waals surface area contributed by atoms with Gasteiger partial charge in [-0.1, -0.05) is 56.0 Å². The number of hydrogen-bond donors (Lipinski definition) is 1. The summed E-state index contributed by atoms with van der Waals surface area (Å²) in [6.45, 7) is 6.66. The fraction of sp³-hybridized carbons (Fsp3) is 0.286. The monoisotopic (exact) mass is 303 g/mol. The van der Waals surface area contributed by atoms with E-state index in [0.717, 1.165) is 5.56 Å². The molecule has 1 amide bonds. The molecule has 0 saturated heterocycles. The van der Waals surface area contributed by atoms with Gasteiger partial charge >= 0.3 is 0 Å². The molecule has 1 aliphatic rings. The van der Waals surface area contributed by atoms with Crippen LogP contribution in [0.15, 0.2) is 42.5 Å². The zero-order chi connectivity index (χ0) is 16.4. The number of nitrogens with one attached hydrogen (secondary N) is 1. The van der Waals surface area contributed by atoms with Crippen LogP contribution < -0.4 is 5.32 Å². The fourth-order valence-corrected chi connectivity index (χ4v) is 3.25. The Morgan fingerprint density at radius 2 is 1.83 bits per heavy atom. The molecule has 1 aliphatic carbocycles. The smallest absolute Gasteiger partial charge is 0.216 e. The number of hydrogen-bond acceptors (Lipinski definition) is 1. The average Bonchev–Trinajstić information content (AvgIpc) is 2.75. The number of carbonyl (C=O) groups is 1. The highest BCUT2D eigenvalue weighted by atomic mass is 16.1. The Bertz CT molecular complexity index is 821. The quantitative estimate of drug-likeness (QED) is 0.662. The highest BCUT2D eigenvalue weighted by Gasteiger charge is 2.34. The first-order valence-corrected chi connectivity index (χ1v) is 7.98. The predicted octanol–water partition coefficient (Wildman–Crippen LogP) is 3.87. The van der Waals surface area contributed by atoms with Crippen molar-refractivity contribution in [1.29, 1.82) is 0 Å². The third-order valence-corrected chi connectivity index (χ3v) is 4.44. The number of fused-ring (bicyclic) bond motifs is 3. The van der Waals surface area contributed by atoms with E-state index in [2.05, 4.69) is 73.5 Å². The van der Waals surface area contributed by atoms with Crippen molar-refractivity contribution in [3.63, 3.8) is 0 Å². The molecular formula is C21H21NO. The Balaban J connectivity index is 1.86. The molecule has 0 aliphatic heterocycles. The van der Waals surface area contributed by atoms with Gasteiger partial charge in [-0.2, -0.15) is 0 Å². The van der Waals surface area contributed by atoms with Gasteiger partial charge in [0.15, 0.2) is 0 Å². The Hall–Kier alpha value is -2.53. The normalized spacial score (nSPS) is 13.5. The summed E-state index contributed by atoms with van der Waals surface area (Å²) in [7, 11) is 0. The predicted molar refractivity (Wildman–Crippen MR) is 94.2 cm³/mol. The summed E-state index contributed by atoms with van der Waals surface area (Å²) in [5.41, 5.74) is 6.41. The van der Waals surface area contributed by atoms with Crippen molar-refractivity contribution in [2.24, 2.45) is 0 Å². The van der Waals surface area contributed by atoms with Gasteiger partial charge in [-0.3, -0.25) is 4.79 Å². The van der Waals surface area contributed by atoms with E-state index < -0.39 is 0 Å². The third-order valence-electron chi connectivity index (χ3n) is 4.44. The Kier molecular flexibility index (Phi) is 3.96. The van der Waals surface area contributed by atoms with Crippen molar-refractivity contribution in [3.05, 3.63) is 59.2 Å². The number of rotatable bonds is 2. The molecule has 0 spiro atoms. The number of benzene rings is 2. The summed E-state index contributed by atoms with van der Waals surface area (Å²) in [6, 6.07) is 15.1. The van der Waals surface area contributed by atoms with E-state index in [1.54, 1.807) is 0 Å². The molecule has 1 N–H and O–H groups in total. The van der Waals surface area contributed by atoms with Crippen LogP contribution in [0.5, 0.6) is 0 Å². The summed E-state index contributed by atoms with van der Waals surface area (Å²) < 4.78 is 0. The highest BCUT2D eigenvalue weighted by Crippen LogP contribution is 2.48. The highest BCUT2D eigenvalue weighted by molar-refractivity contribution is 5.81. The van der Waals surface area contributed by atoms with Crippen molar-refractivity contribution in [3.8, 4) is 23.0 Å². The second kappa shape index (κ2) is 5.93. The zero-order valence-electron chi connectivity index (χ0n) is 13.9. The molecule has 0 aromatic heterocycles. The maximum Gasteiger partial charge on any atom is 0.216 e. The first-order valence-electron chi connectivity index (χ1n) is 7.98. The van der Waals surface area contributed by atoms with Gasteiger partial charge in [0.25, 0.3) is 0 Å². The molecule has 2 aromatic carbocycles. The van der Waals surface area contributed by atoms with Crippen molar-refractivity contribution in [2.45, 2.75) is 32.6 Å².